The van der Waals surface area contributed by atoms with Crippen molar-refractivity contribution in [3.8, 4) is 17.6 Å². The summed E-state index contributed by atoms with van der Waals surface area (Å²) in [5, 5.41) is 10.9. The van der Waals surface area contributed by atoms with Gasteiger partial charge in [-0.15, -0.1) is 0 Å². The lowest BCUT2D eigenvalue weighted by Gasteiger charge is -2.29. The second-order valence-electron chi connectivity index (χ2n) is 6.93. The van der Waals surface area contributed by atoms with E-state index in [4.69, 9.17) is 19.2 Å². The molecule has 152 valence electrons. The number of rotatable bonds is 5. The van der Waals surface area contributed by atoms with Gasteiger partial charge in [0, 0.05) is 24.0 Å². The maximum Gasteiger partial charge on any atom is 0.161 e. The molecule has 6 nitrogen and oxygen atoms in total. The third-order valence-corrected chi connectivity index (χ3v) is 5.16. The van der Waals surface area contributed by atoms with Gasteiger partial charge >= 0.3 is 0 Å². The summed E-state index contributed by atoms with van der Waals surface area (Å²) < 4.78 is 16.2. The maximum atomic E-state index is 9.90. The Balaban J connectivity index is 1.84. The van der Waals surface area contributed by atoms with Crippen LogP contribution >= 0.6 is 0 Å². The summed E-state index contributed by atoms with van der Waals surface area (Å²) in [5.41, 5.74) is 3.13. The van der Waals surface area contributed by atoms with Crippen LogP contribution in [-0.2, 0) is 4.74 Å². The number of hydrogen-bond donors (Lipinski definition) is 0. The fraction of sp³-hybridized carbons (Fsp3) is 0.250. The number of pyridine rings is 1. The molecule has 1 saturated heterocycles. The highest BCUT2D eigenvalue weighted by atomic mass is 16.5. The normalized spacial score (nSPS) is 14.4. The van der Waals surface area contributed by atoms with Crippen LogP contribution in [-0.4, -0.2) is 45.5 Å². The van der Waals surface area contributed by atoms with Gasteiger partial charge in [-0.1, -0.05) is 18.2 Å². The first kappa shape index (κ1) is 19.7. The second kappa shape index (κ2) is 8.85. The van der Waals surface area contributed by atoms with Crippen molar-refractivity contribution in [1.82, 2.24) is 4.98 Å². The van der Waals surface area contributed by atoms with Crippen LogP contribution in [0.15, 0.2) is 48.5 Å². The topological polar surface area (TPSA) is 67.6 Å². The molecule has 0 amide bonds. The molecule has 1 aliphatic heterocycles. The zero-order valence-electron chi connectivity index (χ0n) is 17.1. The quantitative estimate of drug-likeness (QED) is 0.598. The monoisotopic (exact) mass is 401 g/mol. The Labute approximate surface area is 175 Å². The lowest BCUT2D eigenvalue weighted by molar-refractivity contribution is 0.122. The fourth-order valence-corrected chi connectivity index (χ4v) is 3.60. The Morgan fingerprint density at radius 3 is 2.57 bits per heavy atom. The minimum atomic E-state index is 0.530. The molecule has 0 N–H and O–H groups in total. The van der Waals surface area contributed by atoms with Gasteiger partial charge in [-0.25, -0.2) is 4.98 Å². The summed E-state index contributed by atoms with van der Waals surface area (Å²) in [6.07, 6.45) is 1.89. The largest absolute Gasteiger partial charge is 0.493 e. The van der Waals surface area contributed by atoms with Gasteiger partial charge in [0.15, 0.2) is 11.5 Å². The summed E-state index contributed by atoms with van der Waals surface area (Å²) >= 11 is 0. The average molecular weight is 401 g/mol. The van der Waals surface area contributed by atoms with E-state index in [1.165, 1.54) is 0 Å². The van der Waals surface area contributed by atoms with Crippen molar-refractivity contribution in [2.24, 2.45) is 0 Å². The van der Waals surface area contributed by atoms with E-state index in [-0.39, 0.29) is 0 Å². The van der Waals surface area contributed by atoms with Crippen molar-refractivity contribution < 1.29 is 14.2 Å². The van der Waals surface area contributed by atoms with Gasteiger partial charge in [-0.2, -0.15) is 5.26 Å². The minimum absolute atomic E-state index is 0.530. The molecular weight excluding hydrogens is 378 g/mol. The van der Waals surface area contributed by atoms with Crippen LogP contribution in [0.5, 0.6) is 11.5 Å². The van der Waals surface area contributed by atoms with Crippen LogP contribution in [0.1, 0.15) is 11.1 Å². The molecule has 30 heavy (non-hydrogen) atoms. The number of allylic oxidation sites excluding steroid dienone is 1. The van der Waals surface area contributed by atoms with Crippen molar-refractivity contribution >= 4 is 28.4 Å². The van der Waals surface area contributed by atoms with Crippen LogP contribution in [0, 0.1) is 11.3 Å². The van der Waals surface area contributed by atoms with E-state index >= 15 is 0 Å². The number of fused-ring (bicyclic) bond motifs is 1. The Bertz CT molecular complexity index is 1130. The fourth-order valence-electron chi connectivity index (χ4n) is 3.60. The molecule has 4 rings (SSSR count). The van der Waals surface area contributed by atoms with E-state index < -0.39 is 0 Å². The molecule has 1 aliphatic rings. The molecule has 0 radical (unpaired) electrons. The number of nitriles is 1. The number of nitrogens with zero attached hydrogens (tertiary/aromatic N) is 3. The number of hydrogen-bond acceptors (Lipinski definition) is 6. The van der Waals surface area contributed by atoms with Gasteiger partial charge in [0.05, 0.1) is 44.6 Å². The summed E-state index contributed by atoms with van der Waals surface area (Å²) in [6.45, 7) is 2.87. The Kier molecular flexibility index (Phi) is 5.82. The zero-order chi connectivity index (χ0) is 20.9. The highest BCUT2D eigenvalue weighted by Gasteiger charge is 2.17. The first-order valence-electron chi connectivity index (χ1n) is 9.80. The van der Waals surface area contributed by atoms with Crippen molar-refractivity contribution in [2.75, 3.05) is 45.4 Å². The molecule has 0 atom stereocenters. The van der Waals surface area contributed by atoms with Crippen LogP contribution in [0.2, 0.25) is 0 Å². The molecule has 3 aromatic rings. The molecule has 2 heterocycles. The van der Waals surface area contributed by atoms with Crippen molar-refractivity contribution in [3.63, 3.8) is 0 Å². The lowest BCUT2D eigenvalue weighted by Crippen LogP contribution is -2.37. The van der Waals surface area contributed by atoms with Crippen molar-refractivity contribution in [1.29, 1.82) is 5.26 Å². The Morgan fingerprint density at radius 2 is 1.83 bits per heavy atom. The predicted molar refractivity (Wildman–Crippen MR) is 118 cm³/mol. The third-order valence-electron chi connectivity index (χ3n) is 5.16. The molecule has 6 heteroatoms. The van der Waals surface area contributed by atoms with E-state index in [0.717, 1.165) is 40.9 Å². The van der Waals surface area contributed by atoms with Gasteiger partial charge in [0.25, 0.3) is 0 Å². The molecule has 1 fully saturated rings. The molecule has 0 spiro atoms. The number of anilines is 1. The summed E-state index contributed by atoms with van der Waals surface area (Å²) in [4.78, 5) is 7.13. The van der Waals surface area contributed by atoms with E-state index in [1.807, 2.05) is 42.5 Å². The SMILES string of the molecule is COc1ccc(/C(C#N)=C/c2cc3ccccc3nc2N2CCOCC2)cc1OC. The zero-order valence-corrected chi connectivity index (χ0v) is 17.1. The summed E-state index contributed by atoms with van der Waals surface area (Å²) in [7, 11) is 3.18. The predicted octanol–water partition coefficient (Wildman–Crippen LogP) is 4.15. The maximum absolute atomic E-state index is 9.90. The number of morpholine rings is 1. The molecule has 0 unspecified atom stereocenters. The van der Waals surface area contributed by atoms with E-state index in [9.17, 15) is 5.26 Å². The number of benzene rings is 2. The number of para-hydroxylation sites is 1. The summed E-state index contributed by atoms with van der Waals surface area (Å²) in [5.74, 6) is 2.08. The van der Waals surface area contributed by atoms with Crippen LogP contribution in [0.25, 0.3) is 22.6 Å². The molecule has 1 aromatic heterocycles. The first-order chi connectivity index (χ1) is 14.7. The van der Waals surface area contributed by atoms with Crippen LogP contribution in [0.3, 0.4) is 0 Å². The number of methoxy groups -OCH3 is 2. The van der Waals surface area contributed by atoms with Crippen LogP contribution in [0.4, 0.5) is 5.82 Å². The van der Waals surface area contributed by atoms with E-state index in [0.29, 0.717) is 30.3 Å². The highest BCUT2D eigenvalue weighted by molar-refractivity contribution is 5.95. The second-order valence-corrected chi connectivity index (χ2v) is 6.93. The summed E-state index contributed by atoms with van der Waals surface area (Å²) in [6, 6.07) is 17.9. The molecule has 2 aromatic carbocycles. The highest BCUT2D eigenvalue weighted by Crippen LogP contribution is 2.33. The molecular formula is C24H23N3O3. The van der Waals surface area contributed by atoms with Crippen molar-refractivity contribution in [2.45, 2.75) is 0 Å². The number of ether oxygens (including phenoxy) is 3. The third kappa shape index (κ3) is 3.93. The minimum Gasteiger partial charge on any atom is -0.493 e. The first-order valence-corrected chi connectivity index (χ1v) is 9.80. The smallest absolute Gasteiger partial charge is 0.161 e. The van der Waals surface area contributed by atoms with E-state index in [1.54, 1.807) is 20.3 Å². The van der Waals surface area contributed by atoms with Gasteiger partial charge < -0.3 is 19.1 Å². The standard InChI is InChI=1S/C24H23N3O3/c1-28-22-8-7-17(15-23(22)29-2)20(16-25)14-19-13-18-5-3-4-6-21(18)26-24(19)27-9-11-30-12-10-27/h3-8,13-15H,9-12H2,1-2H3/b20-14+. The van der Waals surface area contributed by atoms with Gasteiger partial charge in [-0.05, 0) is 42.0 Å². The molecule has 0 bridgehead atoms. The molecule has 0 saturated carbocycles. The lowest BCUT2D eigenvalue weighted by atomic mass is 10.0. The van der Waals surface area contributed by atoms with Gasteiger partial charge in [-0.3, -0.25) is 0 Å². The number of aromatic nitrogens is 1. The van der Waals surface area contributed by atoms with Gasteiger partial charge in [0.1, 0.15) is 5.82 Å². The van der Waals surface area contributed by atoms with Crippen LogP contribution < -0.4 is 14.4 Å². The van der Waals surface area contributed by atoms with Crippen molar-refractivity contribution in [3.05, 3.63) is 59.7 Å². The van der Waals surface area contributed by atoms with E-state index in [2.05, 4.69) is 17.0 Å². The Morgan fingerprint density at radius 1 is 1.07 bits per heavy atom. The Hall–Kier alpha value is -3.56. The molecule has 0 aliphatic carbocycles. The average Bonchev–Trinajstić information content (AvgIpc) is 2.82. The van der Waals surface area contributed by atoms with Gasteiger partial charge in [0.2, 0.25) is 0 Å².